The number of hydrogen-bond donors (Lipinski definition) is 0. The van der Waals surface area contributed by atoms with Crippen molar-refractivity contribution in [3.05, 3.63) is 42.0 Å². The van der Waals surface area contributed by atoms with Crippen LogP contribution in [0.1, 0.15) is 12.5 Å². The minimum atomic E-state index is -2.41. The minimum absolute atomic E-state index is 0. The molecule has 0 saturated heterocycles. The zero-order valence-corrected chi connectivity index (χ0v) is 11.7. The van der Waals surface area contributed by atoms with Gasteiger partial charge in [0.05, 0.1) is 6.61 Å². The van der Waals surface area contributed by atoms with Crippen LogP contribution < -0.4 is 0 Å². The van der Waals surface area contributed by atoms with E-state index in [1.54, 1.807) is 14.2 Å². The lowest BCUT2D eigenvalue weighted by Crippen LogP contribution is -2.43. The maximum Gasteiger partial charge on any atom is 0.500 e. The van der Waals surface area contributed by atoms with Gasteiger partial charge < -0.3 is 13.3 Å². The first-order valence-electron chi connectivity index (χ1n) is 5.72. The van der Waals surface area contributed by atoms with Crippen LogP contribution in [0.4, 0.5) is 0 Å². The fourth-order valence-corrected chi connectivity index (χ4v) is 3.05. The monoisotopic (exact) mass is 278 g/mol. The molecule has 0 aliphatic heterocycles. The lowest BCUT2D eigenvalue weighted by Gasteiger charge is -2.24. The van der Waals surface area contributed by atoms with E-state index in [0.717, 1.165) is 11.6 Å². The largest absolute Gasteiger partial charge is 0.500 e. The summed E-state index contributed by atoms with van der Waals surface area (Å²) in [5.74, 6) is 0. The van der Waals surface area contributed by atoms with Crippen LogP contribution in [0.2, 0.25) is 6.04 Å². The van der Waals surface area contributed by atoms with E-state index in [-0.39, 0.29) is 23.1 Å². The van der Waals surface area contributed by atoms with Gasteiger partial charge in [-0.15, -0.1) is 0 Å². The molecule has 0 saturated carbocycles. The minimum Gasteiger partial charge on any atom is -0.377 e. The molecule has 0 unspecified atom stereocenters. The predicted molar refractivity (Wildman–Crippen MR) is 80.2 cm³/mol. The molecular weight excluding hydrogens is 257 g/mol. The van der Waals surface area contributed by atoms with Crippen LogP contribution in [0.25, 0.3) is 6.08 Å². The summed E-state index contributed by atoms with van der Waals surface area (Å²) in [4.78, 5) is 0. The molecule has 0 aliphatic carbocycles. The molecule has 0 N–H and O–H groups in total. The van der Waals surface area contributed by atoms with Gasteiger partial charge in [-0.05, 0) is 5.56 Å². The van der Waals surface area contributed by atoms with Gasteiger partial charge in [-0.25, -0.2) is 0 Å². The maximum absolute atomic E-state index is 5.71. The SMILES string of the molecule is CC[Si](OC)(OC)OCC=Cc1ccccc1.[MgH2]. The highest BCUT2D eigenvalue weighted by atomic mass is 28.4. The van der Waals surface area contributed by atoms with Gasteiger partial charge in [0, 0.05) is 20.3 Å². The van der Waals surface area contributed by atoms with E-state index in [4.69, 9.17) is 13.3 Å². The van der Waals surface area contributed by atoms with Gasteiger partial charge in [0.15, 0.2) is 0 Å². The molecule has 3 nitrogen and oxygen atoms in total. The molecule has 0 amide bonds. The molecule has 5 heteroatoms. The van der Waals surface area contributed by atoms with Gasteiger partial charge in [-0.2, -0.15) is 0 Å². The number of rotatable bonds is 7. The average molecular weight is 279 g/mol. The van der Waals surface area contributed by atoms with Crippen molar-refractivity contribution in [3.8, 4) is 0 Å². The Bertz CT molecular complexity index is 331. The van der Waals surface area contributed by atoms with E-state index in [0.29, 0.717) is 6.61 Å². The van der Waals surface area contributed by atoms with Crippen molar-refractivity contribution in [2.45, 2.75) is 13.0 Å². The molecule has 0 fully saturated rings. The van der Waals surface area contributed by atoms with E-state index >= 15 is 0 Å². The highest BCUT2D eigenvalue weighted by Gasteiger charge is 2.36. The summed E-state index contributed by atoms with van der Waals surface area (Å²) in [5, 5.41) is 0. The van der Waals surface area contributed by atoms with Gasteiger partial charge in [0.2, 0.25) is 0 Å². The summed E-state index contributed by atoms with van der Waals surface area (Å²) in [7, 11) is 0.871. The van der Waals surface area contributed by atoms with Crippen molar-refractivity contribution in [1.82, 2.24) is 0 Å². The van der Waals surface area contributed by atoms with Crippen molar-refractivity contribution >= 4 is 37.9 Å². The Morgan fingerprint density at radius 1 is 1.11 bits per heavy atom. The third-order valence-corrected chi connectivity index (χ3v) is 5.28. The second kappa shape index (κ2) is 9.71. The van der Waals surface area contributed by atoms with Crippen molar-refractivity contribution in [2.24, 2.45) is 0 Å². The van der Waals surface area contributed by atoms with Gasteiger partial charge in [-0.3, -0.25) is 0 Å². The molecule has 1 aromatic rings. The summed E-state index contributed by atoms with van der Waals surface area (Å²) < 4.78 is 16.4. The van der Waals surface area contributed by atoms with Crippen LogP contribution in [-0.2, 0) is 13.3 Å². The van der Waals surface area contributed by atoms with Crippen LogP contribution in [0.15, 0.2) is 36.4 Å². The van der Waals surface area contributed by atoms with Crippen molar-refractivity contribution in [3.63, 3.8) is 0 Å². The number of benzene rings is 1. The summed E-state index contributed by atoms with van der Waals surface area (Å²) in [6.45, 7) is 2.52. The predicted octanol–water partition coefficient (Wildman–Crippen LogP) is 2.05. The Balaban J connectivity index is 0.00000289. The van der Waals surface area contributed by atoms with Gasteiger partial charge in [0.1, 0.15) is 0 Å². The molecule has 0 spiro atoms. The molecule has 98 valence electrons. The molecule has 0 atom stereocenters. The Morgan fingerprint density at radius 3 is 2.22 bits per heavy atom. The Hall–Kier alpha value is -0.177. The first kappa shape index (κ1) is 17.8. The Morgan fingerprint density at radius 2 is 1.72 bits per heavy atom. The summed E-state index contributed by atoms with van der Waals surface area (Å²) in [6.07, 6.45) is 4.00. The van der Waals surface area contributed by atoms with Crippen LogP contribution >= 0.6 is 0 Å². The fourth-order valence-electron chi connectivity index (χ4n) is 1.52. The van der Waals surface area contributed by atoms with E-state index in [1.165, 1.54) is 0 Å². The lowest BCUT2D eigenvalue weighted by atomic mass is 10.2. The third-order valence-electron chi connectivity index (χ3n) is 2.56. The lowest BCUT2D eigenvalue weighted by molar-refractivity contribution is 0.111. The average Bonchev–Trinajstić information content (AvgIpc) is 2.41. The van der Waals surface area contributed by atoms with Crippen molar-refractivity contribution < 1.29 is 13.3 Å². The second-order valence-electron chi connectivity index (χ2n) is 3.57. The van der Waals surface area contributed by atoms with Crippen LogP contribution in [0.3, 0.4) is 0 Å². The molecule has 1 rings (SSSR count). The quantitative estimate of drug-likeness (QED) is 0.715. The standard InChI is InChI=1S/C13H20O3Si.Mg.2H/c1-4-17(14-2,15-3)16-12-8-11-13-9-6-5-7-10-13;;;/h5-11H,4,12H2,1-3H3;;;. The van der Waals surface area contributed by atoms with Gasteiger partial charge >= 0.3 is 31.9 Å². The number of hydrogen-bond acceptors (Lipinski definition) is 3. The first-order chi connectivity index (χ1) is 8.26. The van der Waals surface area contributed by atoms with Crippen molar-refractivity contribution in [2.75, 3.05) is 20.8 Å². The maximum atomic E-state index is 5.71. The summed E-state index contributed by atoms with van der Waals surface area (Å²) in [5.41, 5.74) is 1.16. The van der Waals surface area contributed by atoms with Gasteiger partial charge in [-0.1, -0.05) is 49.4 Å². The normalized spacial score (nSPS) is 11.5. The van der Waals surface area contributed by atoms with Crippen molar-refractivity contribution in [1.29, 1.82) is 0 Å². The third kappa shape index (κ3) is 5.64. The first-order valence-corrected chi connectivity index (χ1v) is 7.65. The zero-order chi connectivity index (χ0) is 12.6. The Labute approximate surface area is 127 Å². The molecule has 0 radical (unpaired) electrons. The fraction of sp³-hybridized carbons (Fsp3) is 0.385. The van der Waals surface area contributed by atoms with Gasteiger partial charge in [0.25, 0.3) is 0 Å². The molecule has 0 heterocycles. The van der Waals surface area contributed by atoms with Crippen LogP contribution in [0, 0.1) is 0 Å². The molecule has 18 heavy (non-hydrogen) atoms. The van der Waals surface area contributed by atoms with E-state index < -0.39 is 8.80 Å². The zero-order valence-electron chi connectivity index (χ0n) is 10.7. The molecule has 1 aromatic carbocycles. The summed E-state index contributed by atoms with van der Waals surface area (Å²) >= 11 is 0. The second-order valence-corrected chi connectivity index (χ2v) is 6.75. The highest BCUT2D eigenvalue weighted by molar-refractivity contribution is 6.60. The summed E-state index contributed by atoms with van der Waals surface area (Å²) in [6, 6.07) is 10.9. The molecular formula is C13H22MgO3Si. The highest BCUT2D eigenvalue weighted by Crippen LogP contribution is 2.12. The molecule has 0 bridgehead atoms. The van der Waals surface area contributed by atoms with E-state index in [9.17, 15) is 0 Å². The topological polar surface area (TPSA) is 27.7 Å². The van der Waals surface area contributed by atoms with E-state index in [1.807, 2.05) is 49.4 Å². The molecule has 0 aliphatic rings. The smallest absolute Gasteiger partial charge is 0.377 e. The van der Waals surface area contributed by atoms with E-state index in [2.05, 4.69) is 0 Å². The molecule has 0 aromatic heterocycles. The Kier molecular flexibility index (Phi) is 9.62. The van der Waals surface area contributed by atoms with Crippen LogP contribution in [-0.4, -0.2) is 52.7 Å². The van der Waals surface area contributed by atoms with Crippen LogP contribution in [0.5, 0.6) is 0 Å².